The number of aromatic nitrogens is 2. The topological polar surface area (TPSA) is 67.2 Å². The summed E-state index contributed by atoms with van der Waals surface area (Å²) in [5.41, 5.74) is 2.26. The first-order valence-electron chi connectivity index (χ1n) is 11.8. The number of nitrogens with zero attached hydrogens (tertiary/aromatic N) is 3. The number of ketones is 1. The summed E-state index contributed by atoms with van der Waals surface area (Å²) in [6, 6.07) is 10.5. The standard InChI is InChI=1S/C26H38N4O2/c1-7-29(6)19-14-11-15-30-21(16-19)23(28-24(30)18-12-9-8-10-13-18)22(31)17-20(25(32)27-5)26(2,3)4/h8-10,12-13,19-20H,7,11,14-17H2,1-6H3,(H,27,32). The Bertz CT molecular complexity index is 943. The normalized spacial score (nSPS) is 17.5. The van der Waals surface area contributed by atoms with E-state index in [-0.39, 0.29) is 23.5 Å². The molecule has 0 radical (unpaired) electrons. The number of Topliss-reactive ketones (excluding diaryl/α,β-unsaturated/α-hetero) is 1. The highest BCUT2D eigenvalue weighted by Gasteiger charge is 2.35. The minimum atomic E-state index is -0.405. The lowest BCUT2D eigenvalue weighted by Crippen LogP contribution is -2.38. The molecule has 32 heavy (non-hydrogen) atoms. The number of likely N-dealkylation sites (N-methyl/N-ethyl adjacent to an activating group) is 1. The average Bonchev–Trinajstić information content (AvgIpc) is 2.99. The maximum atomic E-state index is 13.6. The van der Waals surface area contributed by atoms with E-state index in [0.717, 1.165) is 49.4 Å². The van der Waals surface area contributed by atoms with Crippen molar-refractivity contribution >= 4 is 11.7 Å². The van der Waals surface area contributed by atoms with Gasteiger partial charge in [0.2, 0.25) is 5.91 Å². The fourth-order valence-corrected chi connectivity index (χ4v) is 4.66. The molecule has 6 nitrogen and oxygen atoms in total. The van der Waals surface area contributed by atoms with Gasteiger partial charge in [-0.05, 0) is 31.8 Å². The molecule has 0 bridgehead atoms. The maximum absolute atomic E-state index is 13.6. The number of nitrogens with one attached hydrogen (secondary N) is 1. The highest BCUT2D eigenvalue weighted by Crippen LogP contribution is 2.33. The predicted molar refractivity (Wildman–Crippen MR) is 129 cm³/mol. The minimum absolute atomic E-state index is 0.0424. The number of hydrogen-bond donors (Lipinski definition) is 1. The number of imidazole rings is 1. The van der Waals surface area contributed by atoms with E-state index in [9.17, 15) is 9.59 Å². The van der Waals surface area contributed by atoms with Gasteiger partial charge in [-0.2, -0.15) is 0 Å². The zero-order valence-electron chi connectivity index (χ0n) is 20.4. The van der Waals surface area contributed by atoms with Crippen molar-refractivity contribution in [2.45, 2.75) is 66.0 Å². The highest BCUT2D eigenvalue weighted by molar-refractivity contribution is 5.99. The van der Waals surface area contributed by atoms with Gasteiger partial charge in [-0.25, -0.2) is 4.98 Å². The molecular weight excluding hydrogens is 400 g/mol. The molecule has 0 saturated carbocycles. The molecule has 1 N–H and O–H groups in total. The number of benzene rings is 1. The van der Waals surface area contributed by atoms with Crippen molar-refractivity contribution in [3.8, 4) is 11.4 Å². The Hall–Kier alpha value is -2.47. The SMILES string of the molecule is CCN(C)C1CCCn2c(-c3ccccc3)nc(C(=O)CC(C(=O)NC)C(C)(C)C)c2C1. The Morgan fingerprint density at radius 1 is 1.25 bits per heavy atom. The summed E-state index contributed by atoms with van der Waals surface area (Å²) < 4.78 is 2.25. The van der Waals surface area contributed by atoms with E-state index < -0.39 is 5.92 Å². The molecule has 1 aliphatic rings. The van der Waals surface area contributed by atoms with Gasteiger partial charge >= 0.3 is 0 Å². The van der Waals surface area contributed by atoms with E-state index >= 15 is 0 Å². The lowest BCUT2D eigenvalue weighted by molar-refractivity contribution is -0.127. The molecule has 0 fully saturated rings. The van der Waals surface area contributed by atoms with Gasteiger partial charge < -0.3 is 14.8 Å². The molecule has 174 valence electrons. The summed E-state index contributed by atoms with van der Waals surface area (Å²) in [7, 11) is 3.78. The lowest BCUT2D eigenvalue weighted by Gasteiger charge is -2.28. The van der Waals surface area contributed by atoms with Crippen LogP contribution >= 0.6 is 0 Å². The zero-order chi connectivity index (χ0) is 23.5. The van der Waals surface area contributed by atoms with Crippen molar-refractivity contribution in [2.24, 2.45) is 11.3 Å². The number of rotatable bonds is 7. The summed E-state index contributed by atoms with van der Waals surface area (Å²) in [5.74, 6) is 0.315. The van der Waals surface area contributed by atoms with Crippen LogP contribution in [0.5, 0.6) is 0 Å². The fourth-order valence-electron chi connectivity index (χ4n) is 4.66. The van der Waals surface area contributed by atoms with Crippen molar-refractivity contribution in [3.63, 3.8) is 0 Å². The first-order valence-corrected chi connectivity index (χ1v) is 11.8. The van der Waals surface area contributed by atoms with E-state index in [1.807, 2.05) is 51.1 Å². The number of hydrogen-bond acceptors (Lipinski definition) is 4. The number of fused-ring (bicyclic) bond motifs is 1. The summed E-state index contributed by atoms with van der Waals surface area (Å²) >= 11 is 0. The Morgan fingerprint density at radius 3 is 2.53 bits per heavy atom. The summed E-state index contributed by atoms with van der Waals surface area (Å²) in [5, 5.41) is 2.74. The molecule has 0 aliphatic carbocycles. The van der Waals surface area contributed by atoms with E-state index in [0.29, 0.717) is 11.7 Å². The Balaban J connectivity index is 2.06. The summed E-state index contributed by atoms with van der Waals surface area (Å²) in [6.45, 7) is 10.0. The summed E-state index contributed by atoms with van der Waals surface area (Å²) in [6.07, 6.45) is 3.10. The highest BCUT2D eigenvalue weighted by atomic mass is 16.2. The molecule has 1 aromatic heterocycles. The number of carbonyl (C=O) groups excluding carboxylic acids is 2. The largest absolute Gasteiger partial charge is 0.359 e. The predicted octanol–water partition coefficient (Wildman–Crippen LogP) is 4.19. The van der Waals surface area contributed by atoms with Crippen molar-refractivity contribution in [2.75, 3.05) is 20.6 Å². The third kappa shape index (κ3) is 5.12. The number of carbonyl (C=O) groups is 2. The molecule has 0 saturated heterocycles. The quantitative estimate of drug-likeness (QED) is 0.659. The summed E-state index contributed by atoms with van der Waals surface area (Å²) in [4.78, 5) is 33.5. The van der Waals surface area contributed by atoms with Crippen LogP contribution in [-0.4, -0.2) is 52.8 Å². The smallest absolute Gasteiger partial charge is 0.223 e. The van der Waals surface area contributed by atoms with Crippen molar-refractivity contribution in [1.82, 2.24) is 19.8 Å². The van der Waals surface area contributed by atoms with Crippen molar-refractivity contribution in [3.05, 3.63) is 41.7 Å². The Morgan fingerprint density at radius 2 is 1.94 bits per heavy atom. The zero-order valence-corrected chi connectivity index (χ0v) is 20.4. The molecule has 3 rings (SSSR count). The van der Waals surface area contributed by atoms with E-state index in [1.165, 1.54) is 0 Å². The molecule has 2 aromatic rings. The van der Waals surface area contributed by atoms with Crippen molar-refractivity contribution in [1.29, 1.82) is 0 Å². The lowest BCUT2D eigenvalue weighted by atomic mass is 9.77. The van der Waals surface area contributed by atoms with Gasteiger partial charge in [-0.15, -0.1) is 0 Å². The van der Waals surface area contributed by atoms with Crippen LogP contribution in [0.1, 0.15) is 63.1 Å². The molecule has 6 heteroatoms. The van der Waals surface area contributed by atoms with E-state index in [2.05, 4.69) is 28.8 Å². The van der Waals surface area contributed by atoms with E-state index in [1.54, 1.807) is 7.05 Å². The molecular formula is C26H38N4O2. The second kappa shape index (κ2) is 9.99. The van der Waals surface area contributed by atoms with Crippen LogP contribution in [0.2, 0.25) is 0 Å². The van der Waals surface area contributed by atoms with Gasteiger partial charge in [0.15, 0.2) is 5.78 Å². The first kappa shape index (κ1) is 24.2. The second-order valence-electron chi connectivity index (χ2n) is 9.98. The van der Waals surface area contributed by atoms with Gasteiger partial charge in [0.05, 0.1) is 11.6 Å². The van der Waals surface area contributed by atoms with E-state index in [4.69, 9.17) is 4.98 Å². The van der Waals surface area contributed by atoms with Gasteiger partial charge in [-0.3, -0.25) is 9.59 Å². The van der Waals surface area contributed by atoms with Gasteiger partial charge in [0.25, 0.3) is 0 Å². The number of amides is 1. The van der Waals surface area contributed by atoms with Crippen molar-refractivity contribution < 1.29 is 9.59 Å². The third-order valence-corrected chi connectivity index (χ3v) is 6.84. The molecule has 1 aliphatic heterocycles. The Labute approximate surface area is 192 Å². The fraction of sp³-hybridized carbons (Fsp3) is 0.577. The van der Waals surface area contributed by atoms with Crippen LogP contribution in [0.25, 0.3) is 11.4 Å². The van der Waals surface area contributed by atoms with Gasteiger partial charge in [-0.1, -0.05) is 58.0 Å². The van der Waals surface area contributed by atoms with Crippen LogP contribution in [0, 0.1) is 11.3 Å². The molecule has 0 spiro atoms. The molecule has 1 aromatic carbocycles. The van der Waals surface area contributed by atoms with Gasteiger partial charge in [0, 0.05) is 38.0 Å². The van der Waals surface area contributed by atoms with Crippen LogP contribution in [0.15, 0.2) is 30.3 Å². The molecule has 2 unspecified atom stereocenters. The Kier molecular flexibility index (Phi) is 7.55. The second-order valence-corrected chi connectivity index (χ2v) is 9.98. The molecule has 2 heterocycles. The van der Waals surface area contributed by atoms with Crippen LogP contribution in [-0.2, 0) is 17.8 Å². The maximum Gasteiger partial charge on any atom is 0.223 e. The minimum Gasteiger partial charge on any atom is -0.359 e. The third-order valence-electron chi connectivity index (χ3n) is 6.84. The van der Waals surface area contributed by atoms with Crippen LogP contribution in [0.3, 0.4) is 0 Å². The monoisotopic (exact) mass is 438 g/mol. The van der Waals surface area contributed by atoms with Gasteiger partial charge in [0.1, 0.15) is 11.5 Å². The van der Waals surface area contributed by atoms with Crippen LogP contribution < -0.4 is 5.32 Å². The average molecular weight is 439 g/mol. The van der Waals surface area contributed by atoms with Crippen LogP contribution in [0.4, 0.5) is 0 Å². The first-order chi connectivity index (χ1) is 15.2. The molecule has 1 amide bonds. The molecule has 2 atom stereocenters.